The molecular formula is C29H33N7O7S2. The highest BCUT2D eigenvalue weighted by atomic mass is 32.2. The molecule has 0 radical (unpaired) electrons. The largest absolute Gasteiger partial charge is 0.369 e. The number of carbonyl (C=O) groups is 3. The van der Waals surface area contributed by atoms with Crippen LogP contribution >= 0.6 is 0 Å². The van der Waals surface area contributed by atoms with Gasteiger partial charge in [0.25, 0.3) is 20.0 Å². The fourth-order valence-corrected chi connectivity index (χ4v) is 6.54. The van der Waals surface area contributed by atoms with Crippen molar-refractivity contribution < 1.29 is 31.2 Å². The predicted molar refractivity (Wildman–Crippen MR) is 167 cm³/mol. The maximum absolute atomic E-state index is 13.8. The number of nitrogens with zero attached hydrogens (tertiary/aromatic N) is 2. The molecule has 1 fully saturated rings. The fraction of sp³-hybridized carbons (Fsp3) is 0.241. The quantitative estimate of drug-likeness (QED) is 0.156. The number of sulfonamides is 2. The highest BCUT2D eigenvalue weighted by Gasteiger charge is 2.38. The van der Waals surface area contributed by atoms with Gasteiger partial charge >= 0.3 is 6.03 Å². The Morgan fingerprint density at radius 1 is 0.911 bits per heavy atom. The standard InChI is InChI=1S/C29H33N7O7S2/c1-19-9-13-22(14-10-19)45(42,43)35-29(39)33-24(18-20-6-3-2-4-7-20)27(38)36-17-5-8-25(36)26(37)32-21-11-15-23(16-12-21)44(40,41)34-28(30)31/h2-4,6-7,9-16,24-25H,5,8,17-18H2,1H3,(H,32,37)(H4,30,31,34)(H2,33,35,39)/t24-,25?/m0/s1. The number of carbonyl (C=O) groups excluding carboxylic acids is 3. The van der Waals surface area contributed by atoms with E-state index in [1.54, 1.807) is 49.4 Å². The number of hydrogen-bond acceptors (Lipinski definition) is 7. The van der Waals surface area contributed by atoms with Gasteiger partial charge in [-0.05, 0) is 61.7 Å². The molecule has 2 atom stereocenters. The molecule has 1 saturated heterocycles. The average molecular weight is 656 g/mol. The summed E-state index contributed by atoms with van der Waals surface area (Å²) in [7, 11) is -8.34. The molecule has 3 aromatic carbocycles. The lowest BCUT2D eigenvalue weighted by atomic mass is 10.0. The normalized spacial score (nSPS) is 15.5. The molecule has 4 rings (SSSR count). The van der Waals surface area contributed by atoms with Crippen molar-refractivity contribution in [3.63, 3.8) is 0 Å². The Hall–Kier alpha value is -4.96. The fourth-order valence-electron chi connectivity index (χ4n) is 4.77. The molecule has 0 bridgehead atoms. The number of benzene rings is 3. The van der Waals surface area contributed by atoms with Crippen molar-refractivity contribution in [1.29, 1.82) is 0 Å². The van der Waals surface area contributed by atoms with Crippen molar-refractivity contribution in [1.82, 2.24) is 14.9 Å². The van der Waals surface area contributed by atoms with Gasteiger partial charge in [0.2, 0.25) is 17.8 Å². The van der Waals surface area contributed by atoms with E-state index in [1.165, 1.54) is 41.3 Å². The minimum absolute atomic E-state index is 0.0360. The number of nitrogens with one attached hydrogen (secondary N) is 3. The molecule has 16 heteroatoms. The van der Waals surface area contributed by atoms with Crippen LogP contribution in [0.2, 0.25) is 0 Å². The molecule has 1 aliphatic heterocycles. The van der Waals surface area contributed by atoms with Gasteiger partial charge in [-0.1, -0.05) is 48.0 Å². The van der Waals surface area contributed by atoms with Crippen LogP contribution in [-0.2, 0) is 36.1 Å². The summed E-state index contributed by atoms with van der Waals surface area (Å²) >= 11 is 0. The first kappa shape index (κ1) is 32.9. The number of nitrogens with two attached hydrogens (primary N) is 2. The predicted octanol–water partition coefficient (Wildman–Crippen LogP) is 1.19. The smallest absolute Gasteiger partial charge is 0.329 e. The first-order valence-corrected chi connectivity index (χ1v) is 16.7. The second-order valence-corrected chi connectivity index (χ2v) is 13.6. The highest BCUT2D eigenvalue weighted by Crippen LogP contribution is 2.23. The molecule has 45 heavy (non-hydrogen) atoms. The van der Waals surface area contributed by atoms with E-state index in [4.69, 9.17) is 11.5 Å². The van der Waals surface area contributed by atoms with Gasteiger partial charge in [0.15, 0.2) is 0 Å². The van der Waals surface area contributed by atoms with Crippen LogP contribution in [0.1, 0.15) is 24.0 Å². The molecule has 0 spiro atoms. The van der Waals surface area contributed by atoms with E-state index >= 15 is 0 Å². The highest BCUT2D eigenvalue weighted by molar-refractivity contribution is 7.90. The van der Waals surface area contributed by atoms with Crippen LogP contribution in [0.3, 0.4) is 0 Å². The third-order valence-corrected chi connectivity index (χ3v) is 9.59. The molecule has 1 unspecified atom stereocenters. The zero-order valence-corrected chi connectivity index (χ0v) is 25.8. The van der Waals surface area contributed by atoms with Gasteiger partial charge in [-0.2, -0.15) is 8.42 Å². The van der Waals surface area contributed by atoms with E-state index in [2.05, 4.69) is 15.0 Å². The van der Waals surface area contributed by atoms with E-state index < -0.39 is 55.9 Å². The van der Waals surface area contributed by atoms with Crippen molar-refractivity contribution in [2.75, 3.05) is 11.9 Å². The average Bonchev–Trinajstić information content (AvgIpc) is 3.47. The van der Waals surface area contributed by atoms with E-state index in [0.717, 1.165) is 5.56 Å². The summed E-state index contributed by atoms with van der Waals surface area (Å²) in [5.41, 5.74) is 12.1. The Morgan fingerprint density at radius 3 is 2.16 bits per heavy atom. The van der Waals surface area contributed by atoms with Gasteiger partial charge in [-0.3, -0.25) is 9.59 Å². The number of guanidine groups is 1. The van der Waals surface area contributed by atoms with Crippen molar-refractivity contribution in [3.05, 3.63) is 90.0 Å². The lowest BCUT2D eigenvalue weighted by molar-refractivity contribution is -0.138. The van der Waals surface area contributed by atoms with Gasteiger partial charge in [-0.25, -0.2) is 17.9 Å². The number of hydrogen-bond donors (Lipinski definition) is 5. The Kier molecular flexibility index (Phi) is 10.1. The molecule has 1 aliphatic rings. The Bertz CT molecular complexity index is 1790. The number of aryl methyl sites for hydroxylation is 1. The topological polar surface area (TPSA) is 223 Å². The van der Waals surface area contributed by atoms with Crippen LogP contribution in [0.15, 0.2) is 93.1 Å². The first-order valence-electron chi connectivity index (χ1n) is 13.8. The van der Waals surface area contributed by atoms with Crippen molar-refractivity contribution >= 4 is 49.5 Å². The van der Waals surface area contributed by atoms with Crippen LogP contribution in [-0.4, -0.2) is 64.2 Å². The van der Waals surface area contributed by atoms with E-state index in [9.17, 15) is 31.2 Å². The van der Waals surface area contributed by atoms with Gasteiger partial charge in [-0.15, -0.1) is 4.40 Å². The summed E-state index contributed by atoms with van der Waals surface area (Å²) in [6.45, 7) is 2.02. The number of rotatable bonds is 10. The molecule has 0 aromatic heterocycles. The van der Waals surface area contributed by atoms with Crippen LogP contribution in [0.5, 0.6) is 0 Å². The van der Waals surface area contributed by atoms with Gasteiger partial charge in [0.05, 0.1) is 9.79 Å². The van der Waals surface area contributed by atoms with Crippen LogP contribution in [0, 0.1) is 6.92 Å². The molecule has 238 valence electrons. The monoisotopic (exact) mass is 655 g/mol. The summed E-state index contributed by atoms with van der Waals surface area (Å²) in [4.78, 5) is 41.0. The summed E-state index contributed by atoms with van der Waals surface area (Å²) in [5, 5.41) is 5.16. The Balaban J connectivity index is 1.49. The molecule has 0 aliphatic carbocycles. The SMILES string of the molecule is Cc1ccc(S(=O)(=O)NC(=O)N[C@@H](Cc2ccccc2)C(=O)N2CCCC2C(=O)Nc2ccc(S(=O)(=O)N=C(N)N)cc2)cc1. The zero-order chi connectivity index (χ0) is 32.8. The molecule has 14 nitrogen and oxygen atoms in total. The van der Waals surface area contributed by atoms with Crippen molar-refractivity contribution in [2.24, 2.45) is 15.9 Å². The van der Waals surface area contributed by atoms with Gasteiger partial charge in [0, 0.05) is 18.7 Å². The summed E-state index contributed by atoms with van der Waals surface area (Å²) < 4.78 is 55.1. The maximum Gasteiger partial charge on any atom is 0.329 e. The lowest BCUT2D eigenvalue weighted by Gasteiger charge is -2.29. The molecule has 0 saturated carbocycles. The number of anilines is 1. The molecule has 7 N–H and O–H groups in total. The Morgan fingerprint density at radius 2 is 1.53 bits per heavy atom. The third-order valence-electron chi connectivity index (χ3n) is 6.93. The zero-order valence-electron chi connectivity index (χ0n) is 24.2. The first-order chi connectivity index (χ1) is 21.2. The number of amides is 4. The minimum Gasteiger partial charge on any atom is -0.369 e. The molecular weight excluding hydrogens is 622 g/mol. The van der Waals surface area contributed by atoms with Crippen molar-refractivity contribution in [2.45, 2.75) is 48.1 Å². The maximum atomic E-state index is 13.8. The lowest BCUT2D eigenvalue weighted by Crippen LogP contribution is -2.55. The summed E-state index contributed by atoms with van der Waals surface area (Å²) in [6, 6.07) is 16.7. The van der Waals surface area contributed by atoms with E-state index in [1.807, 2.05) is 4.72 Å². The van der Waals surface area contributed by atoms with Gasteiger partial charge in [0.1, 0.15) is 12.1 Å². The van der Waals surface area contributed by atoms with E-state index in [-0.39, 0.29) is 28.4 Å². The second kappa shape index (κ2) is 13.8. The third kappa shape index (κ3) is 8.57. The van der Waals surface area contributed by atoms with Crippen LogP contribution < -0.4 is 26.8 Å². The molecule has 4 amide bonds. The molecule has 1 heterocycles. The minimum atomic E-state index is -4.22. The summed E-state index contributed by atoms with van der Waals surface area (Å²) in [6.07, 6.45) is 0.875. The van der Waals surface area contributed by atoms with Crippen molar-refractivity contribution in [3.8, 4) is 0 Å². The van der Waals surface area contributed by atoms with Gasteiger partial charge < -0.3 is 27.0 Å². The van der Waals surface area contributed by atoms with E-state index in [0.29, 0.717) is 18.4 Å². The molecule has 3 aromatic rings. The number of likely N-dealkylation sites (tertiary alicyclic amines) is 1. The van der Waals surface area contributed by atoms with Crippen LogP contribution in [0.25, 0.3) is 0 Å². The number of urea groups is 1. The van der Waals surface area contributed by atoms with Crippen LogP contribution in [0.4, 0.5) is 10.5 Å². The second-order valence-electron chi connectivity index (χ2n) is 10.3. The Labute approximate surface area is 261 Å². The summed E-state index contributed by atoms with van der Waals surface area (Å²) in [5.74, 6) is -1.72.